The Morgan fingerprint density at radius 2 is 1.80 bits per heavy atom. The monoisotopic (exact) mass is 297 g/mol. The number of aromatic nitrogens is 1. The molecule has 2 heterocycles. The molecule has 6 nitrogen and oxygen atoms in total. The summed E-state index contributed by atoms with van der Waals surface area (Å²) in [5, 5.41) is 0.218. The Labute approximate surface area is 122 Å². The van der Waals surface area contributed by atoms with Crippen LogP contribution < -0.4 is 4.74 Å². The molecule has 20 heavy (non-hydrogen) atoms. The lowest BCUT2D eigenvalue weighted by atomic mass is 10.2. The molecule has 0 bridgehead atoms. The molecule has 0 radical (unpaired) electrons. The third-order valence-electron chi connectivity index (χ3n) is 3.24. The third kappa shape index (κ3) is 3.19. The fraction of sp³-hybridized carbons (Fsp3) is 0.462. The van der Waals surface area contributed by atoms with Gasteiger partial charge < -0.3 is 14.5 Å². The molecule has 1 aromatic heterocycles. The van der Waals surface area contributed by atoms with E-state index in [-0.39, 0.29) is 17.0 Å². The minimum Gasteiger partial charge on any atom is -0.481 e. The Balaban J connectivity index is 2.09. The first kappa shape index (κ1) is 14.6. The van der Waals surface area contributed by atoms with Crippen LogP contribution in [-0.2, 0) is 4.79 Å². The van der Waals surface area contributed by atoms with Gasteiger partial charge in [-0.1, -0.05) is 11.6 Å². The van der Waals surface area contributed by atoms with Gasteiger partial charge in [0.15, 0.2) is 0 Å². The Hall–Kier alpha value is -1.82. The lowest BCUT2D eigenvalue weighted by molar-refractivity contribution is -0.130. The van der Waals surface area contributed by atoms with E-state index < -0.39 is 0 Å². The summed E-state index contributed by atoms with van der Waals surface area (Å²) >= 11 is 5.86. The molecule has 0 N–H and O–H groups in total. The zero-order valence-electron chi connectivity index (χ0n) is 11.4. The Kier molecular flexibility index (Phi) is 4.44. The molecule has 1 aliphatic heterocycles. The fourth-order valence-corrected chi connectivity index (χ4v) is 2.31. The minimum absolute atomic E-state index is 0.0331. The van der Waals surface area contributed by atoms with Crippen molar-refractivity contribution in [2.24, 2.45) is 0 Å². The lowest BCUT2D eigenvalue weighted by Gasteiger charge is -2.34. The highest BCUT2D eigenvalue weighted by molar-refractivity contribution is 6.29. The molecule has 0 saturated carbocycles. The molecule has 7 heteroatoms. The summed E-state index contributed by atoms with van der Waals surface area (Å²) in [7, 11) is 1.47. The van der Waals surface area contributed by atoms with Gasteiger partial charge >= 0.3 is 0 Å². The molecule has 1 fully saturated rings. The van der Waals surface area contributed by atoms with Crippen LogP contribution in [-0.4, -0.2) is 59.9 Å². The van der Waals surface area contributed by atoms with Crippen molar-refractivity contribution in [1.29, 1.82) is 0 Å². The molecule has 0 unspecified atom stereocenters. The second-order valence-corrected chi connectivity index (χ2v) is 4.91. The van der Waals surface area contributed by atoms with Crippen LogP contribution in [0.1, 0.15) is 17.3 Å². The average Bonchev–Trinajstić information content (AvgIpc) is 2.45. The number of amides is 2. The van der Waals surface area contributed by atoms with Crippen molar-refractivity contribution >= 4 is 23.4 Å². The van der Waals surface area contributed by atoms with Crippen LogP contribution in [0.5, 0.6) is 5.88 Å². The van der Waals surface area contributed by atoms with Gasteiger partial charge in [0, 0.05) is 44.7 Å². The topological polar surface area (TPSA) is 62.7 Å². The van der Waals surface area contributed by atoms with E-state index in [0.29, 0.717) is 37.6 Å². The van der Waals surface area contributed by atoms with E-state index >= 15 is 0 Å². The summed E-state index contributed by atoms with van der Waals surface area (Å²) < 4.78 is 5.00. The van der Waals surface area contributed by atoms with Crippen LogP contribution in [0.4, 0.5) is 0 Å². The maximum atomic E-state index is 12.4. The molecule has 0 atom stereocenters. The molecule has 2 amide bonds. The zero-order valence-corrected chi connectivity index (χ0v) is 12.2. The van der Waals surface area contributed by atoms with Gasteiger partial charge in [0.05, 0.1) is 7.11 Å². The van der Waals surface area contributed by atoms with Gasteiger partial charge in [0.1, 0.15) is 5.15 Å². The van der Waals surface area contributed by atoms with Crippen LogP contribution >= 0.6 is 11.6 Å². The Bertz CT molecular complexity index is 528. The smallest absolute Gasteiger partial charge is 0.254 e. The Morgan fingerprint density at radius 3 is 2.35 bits per heavy atom. The minimum atomic E-state index is -0.129. The SMILES string of the molecule is COc1cc(C(=O)N2CCN(C(C)=O)CC2)cc(Cl)n1. The van der Waals surface area contributed by atoms with Gasteiger partial charge in [0.2, 0.25) is 11.8 Å². The van der Waals surface area contributed by atoms with Gasteiger partial charge in [-0.2, -0.15) is 0 Å². The van der Waals surface area contributed by atoms with E-state index in [1.807, 2.05) is 0 Å². The number of nitrogens with zero attached hydrogens (tertiary/aromatic N) is 3. The summed E-state index contributed by atoms with van der Waals surface area (Å²) in [5.41, 5.74) is 0.443. The second-order valence-electron chi connectivity index (χ2n) is 4.52. The normalized spacial score (nSPS) is 15.2. The molecule has 108 valence electrons. The first-order valence-corrected chi connectivity index (χ1v) is 6.65. The third-order valence-corrected chi connectivity index (χ3v) is 3.43. The summed E-state index contributed by atoms with van der Waals surface area (Å²) in [5.74, 6) is 0.213. The van der Waals surface area contributed by atoms with Crippen molar-refractivity contribution < 1.29 is 14.3 Å². The molecule has 0 aliphatic carbocycles. The van der Waals surface area contributed by atoms with Crippen molar-refractivity contribution in [1.82, 2.24) is 14.8 Å². The van der Waals surface area contributed by atoms with Crippen molar-refractivity contribution in [2.75, 3.05) is 33.3 Å². The number of carbonyl (C=O) groups excluding carboxylic acids is 2. The number of methoxy groups -OCH3 is 1. The molecular weight excluding hydrogens is 282 g/mol. The van der Waals surface area contributed by atoms with Crippen LogP contribution in [0.3, 0.4) is 0 Å². The highest BCUT2D eigenvalue weighted by atomic mass is 35.5. The number of pyridine rings is 1. The molecule has 1 aromatic rings. The average molecular weight is 298 g/mol. The molecule has 0 aromatic carbocycles. The van der Waals surface area contributed by atoms with Gasteiger partial charge in [-0.05, 0) is 6.07 Å². The van der Waals surface area contributed by atoms with Crippen LogP contribution in [0, 0.1) is 0 Å². The van der Waals surface area contributed by atoms with E-state index in [1.165, 1.54) is 20.1 Å². The second kappa shape index (κ2) is 6.09. The molecule has 1 saturated heterocycles. The van der Waals surface area contributed by atoms with Crippen molar-refractivity contribution in [3.05, 3.63) is 22.8 Å². The van der Waals surface area contributed by atoms with E-state index in [0.717, 1.165) is 0 Å². The fourth-order valence-electron chi connectivity index (χ4n) is 2.11. The maximum Gasteiger partial charge on any atom is 0.254 e. The number of halogens is 1. The van der Waals surface area contributed by atoms with Gasteiger partial charge in [-0.25, -0.2) is 4.98 Å². The molecule has 2 rings (SSSR count). The predicted molar refractivity (Wildman–Crippen MR) is 74.0 cm³/mol. The predicted octanol–water partition coefficient (Wildman–Crippen LogP) is 1.05. The number of hydrogen-bond donors (Lipinski definition) is 0. The van der Waals surface area contributed by atoms with Gasteiger partial charge in [0.25, 0.3) is 5.91 Å². The number of hydrogen-bond acceptors (Lipinski definition) is 4. The quantitative estimate of drug-likeness (QED) is 0.766. The van der Waals surface area contributed by atoms with E-state index in [4.69, 9.17) is 16.3 Å². The highest BCUT2D eigenvalue weighted by Crippen LogP contribution is 2.18. The number of piperazine rings is 1. The zero-order chi connectivity index (χ0) is 14.7. The molecule has 0 spiro atoms. The maximum absolute atomic E-state index is 12.4. The molecule has 1 aliphatic rings. The largest absolute Gasteiger partial charge is 0.481 e. The molecular formula is C13H16ClN3O3. The number of ether oxygens (including phenoxy) is 1. The lowest BCUT2D eigenvalue weighted by Crippen LogP contribution is -2.50. The first-order valence-electron chi connectivity index (χ1n) is 6.27. The van der Waals surface area contributed by atoms with E-state index in [9.17, 15) is 9.59 Å². The van der Waals surface area contributed by atoms with Crippen molar-refractivity contribution in [2.45, 2.75) is 6.92 Å². The van der Waals surface area contributed by atoms with Crippen LogP contribution in [0.25, 0.3) is 0 Å². The van der Waals surface area contributed by atoms with Crippen molar-refractivity contribution in [3.63, 3.8) is 0 Å². The Morgan fingerprint density at radius 1 is 1.20 bits per heavy atom. The van der Waals surface area contributed by atoms with Gasteiger partial charge in [-0.3, -0.25) is 9.59 Å². The number of carbonyl (C=O) groups is 2. The first-order chi connectivity index (χ1) is 9.51. The summed E-state index contributed by atoms with van der Waals surface area (Å²) in [6.45, 7) is 3.67. The standard InChI is InChI=1S/C13H16ClN3O3/c1-9(18)16-3-5-17(6-4-16)13(19)10-7-11(14)15-12(8-10)20-2/h7-8H,3-6H2,1-2H3. The van der Waals surface area contributed by atoms with Crippen LogP contribution in [0.2, 0.25) is 5.15 Å². The summed E-state index contributed by atoms with van der Waals surface area (Å²) in [6.07, 6.45) is 0. The van der Waals surface area contributed by atoms with E-state index in [2.05, 4.69) is 4.98 Å². The summed E-state index contributed by atoms with van der Waals surface area (Å²) in [4.78, 5) is 31.0. The van der Waals surface area contributed by atoms with Crippen molar-refractivity contribution in [3.8, 4) is 5.88 Å². The number of rotatable bonds is 2. The van der Waals surface area contributed by atoms with E-state index in [1.54, 1.807) is 15.9 Å². The highest BCUT2D eigenvalue weighted by Gasteiger charge is 2.23. The summed E-state index contributed by atoms with van der Waals surface area (Å²) in [6, 6.07) is 3.08. The van der Waals surface area contributed by atoms with Gasteiger partial charge in [-0.15, -0.1) is 0 Å². The van der Waals surface area contributed by atoms with Crippen LogP contribution in [0.15, 0.2) is 12.1 Å².